The van der Waals surface area contributed by atoms with Gasteiger partial charge in [0.25, 0.3) is 0 Å². The van der Waals surface area contributed by atoms with Crippen molar-refractivity contribution in [1.82, 2.24) is 5.32 Å². The van der Waals surface area contributed by atoms with E-state index in [1.54, 1.807) is 0 Å². The summed E-state index contributed by atoms with van der Waals surface area (Å²) in [6, 6.07) is 5.94. The third-order valence-corrected chi connectivity index (χ3v) is 4.29. The van der Waals surface area contributed by atoms with E-state index in [1.165, 1.54) is 0 Å². The van der Waals surface area contributed by atoms with Gasteiger partial charge in [0, 0.05) is 0 Å². The van der Waals surface area contributed by atoms with Gasteiger partial charge in [-0.1, -0.05) is 18.9 Å². The van der Waals surface area contributed by atoms with Crippen LogP contribution in [0.1, 0.15) is 31.2 Å². The smallest absolute Gasteiger partial charge is 0.235 e. The summed E-state index contributed by atoms with van der Waals surface area (Å²) < 4.78 is 11.2. The molecule has 108 valence electrons. The summed E-state index contributed by atoms with van der Waals surface area (Å²) in [5, 5.41) is 3.10. The average Bonchev–Trinajstić information content (AvgIpc) is 2.96. The Hall–Kier alpha value is -1.42. The van der Waals surface area contributed by atoms with Gasteiger partial charge >= 0.3 is 0 Å². The van der Waals surface area contributed by atoms with Crippen molar-refractivity contribution < 1.29 is 14.3 Å². The molecule has 1 N–H and O–H groups in total. The Morgan fingerprint density at radius 3 is 2.60 bits per heavy atom. The van der Waals surface area contributed by atoms with Crippen LogP contribution in [0.2, 0.25) is 0 Å². The van der Waals surface area contributed by atoms with Crippen LogP contribution in [0.3, 0.4) is 0 Å². The molecule has 0 saturated heterocycles. The van der Waals surface area contributed by atoms with Crippen molar-refractivity contribution in [3.8, 4) is 11.5 Å². The molecule has 2 aliphatic rings. The van der Waals surface area contributed by atoms with Gasteiger partial charge in [-0.3, -0.25) is 4.79 Å². The van der Waals surface area contributed by atoms with E-state index in [1.807, 2.05) is 18.2 Å². The zero-order valence-corrected chi connectivity index (χ0v) is 12.0. The van der Waals surface area contributed by atoms with E-state index in [9.17, 15) is 4.79 Å². The van der Waals surface area contributed by atoms with E-state index in [0.717, 1.165) is 42.7 Å². The molecule has 20 heavy (non-hydrogen) atoms. The number of benzene rings is 1. The van der Waals surface area contributed by atoms with Gasteiger partial charge in [0.15, 0.2) is 11.5 Å². The maximum atomic E-state index is 11.7. The van der Waals surface area contributed by atoms with E-state index >= 15 is 0 Å². The van der Waals surface area contributed by atoms with Crippen LogP contribution in [-0.4, -0.2) is 25.0 Å². The van der Waals surface area contributed by atoms with Crippen molar-refractivity contribution in [2.45, 2.75) is 31.2 Å². The van der Waals surface area contributed by atoms with Gasteiger partial charge in [-0.15, -0.1) is 11.6 Å². The summed E-state index contributed by atoms with van der Waals surface area (Å²) in [5.41, 5.74) is 0.777. The lowest BCUT2D eigenvalue weighted by atomic mass is 9.87. The third kappa shape index (κ3) is 2.44. The lowest BCUT2D eigenvalue weighted by Gasteiger charge is -2.32. The number of fused-ring (bicyclic) bond motifs is 1. The molecule has 1 saturated carbocycles. The number of hydrogen-bond acceptors (Lipinski definition) is 3. The molecule has 1 aliphatic heterocycles. The molecule has 1 aromatic carbocycles. The standard InChI is InChI=1S/C15H18ClNO3/c16-10-14(18)17-15(5-1-2-6-15)11-3-4-12-13(9-11)20-8-7-19-12/h3-4,9H,1-2,5-8,10H2,(H,17,18). The van der Waals surface area contributed by atoms with E-state index in [-0.39, 0.29) is 17.3 Å². The minimum atomic E-state index is -0.304. The Bertz CT molecular complexity index is 512. The van der Waals surface area contributed by atoms with Crippen LogP contribution < -0.4 is 14.8 Å². The number of ether oxygens (including phenoxy) is 2. The number of carbonyl (C=O) groups is 1. The van der Waals surface area contributed by atoms with Crippen LogP contribution in [-0.2, 0) is 10.3 Å². The van der Waals surface area contributed by atoms with Crippen molar-refractivity contribution in [3.63, 3.8) is 0 Å². The Morgan fingerprint density at radius 2 is 1.90 bits per heavy atom. The highest BCUT2D eigenvalue weighted by Gasteiger charge is 2.37. The quantitative estimate of drug-likeness (QED) is 0.872. The SMILES string of the molecule is O=C(CCl)NC1(c2ccc3c(c2)OCCO3)CCCC1. The maximum Gasteiger partial charge on any atom is 0.235 e. The fourth-order valence-corrected chi connectivity index (χ4v) is 3.17. The van der Waals surface area contributed by atoms with Crippen LogP contribution in [0, 0.1) is 0 Å². The monoisotopic (exact) mass is 295 g/mol. The molecule has 1 heterocycles. The van der Waals surface area contributed by atoms with Gasteiger partial charge in [0.1, 0.15) is 19.1 Å². The molecule has 0 aromatic heterocycles. The summed E-state index contributed by atoms with van der Waals surface area (Å²) in [5.74, 6) is 1.41. The van der Waals surface area contributed by atoms with Crippen molar-refractivity contribution >= 4 is 17.5 Å². The van der Waals surface area contributed by atoms with Crippen LogP contribution in [0.4, 0.5) is 0 Å². The first-order valence-electron chi connectivity index (χ1n) is 7.01. The summed E-state index contributed by atoms with van der Waals surface area (Å²) in [6.45, 7) is 1.15. The molecular weight excluding hydrogens is 278 g/mol. The van der Waals surface area contributed by atoms with Gasteiger partial charge in [-0.25, -0.2) is 0 Å². The fraction of sp³-hybridized carbons (Fsp3) is 0.533. The number of hydrogen-bond donors (Lipinski definition) is 1. The minimum absolute atomic E-state index is 0.00764. The highest BCUT2D eigenvalue weighted by Crippen LogP contribution is 2.42. The van der Waals surface area contributed by atoms with Crippen LogP contribution in [0.15, 0.2) is 18.2 Å². The highest BCUT2D eigenvalue weighted by molar-refractivity contribution is 6.27. The summed E-state index contributed by atoms with van der Waals surface area (Å²) in [6.07, 6.45) is 4.10. The first kappa shape index (κ1) is 13.6. The predicted octanol–water partition coefficient (Wildman–Crippen LogP) is 2.58. The van der Waals surface area contributed by atoms with Crippen molar-refractivity contribution in [1.29, 1.82) is 0 Å². The molecule has 1 aliphatic carbocycles. The van der Waals surface area contributed by atoms with Gasteiger partial charge in [0.2, 0.25) is 5.91 Å². The molecule has 3 rings (SSSR count). The summed E-state index contributed by atoms with van der Waals surface area (Å²) in [7, 11) is 0. The molecule has 0 atom stereocenters. The molecule has 1 fully saturated rings. The topological polar surface area (TPSA) is 47.6 Å². The molecule has 0 radical (unpaired) electrons. The number of halogens is 1. The largest absolute Gasteiger partial charge is 0.486 e. The second kappa shape index (κ2) is 5.52. The molecule has 1 aromatic rings. The van der Waals surface area contributed by atoms with Crippen LogP contribution in [0.25, 0.3) is 0 Å². The Morgan fingerprint density at radius 1 is 1.20 bits per heavy atom. The first-order valence-corrected chi connectivity index (χ1v) is 7.54. The van der Waals surface area contributed by atoms with Crippen molar-refractivity contribution in [3.05, 3.63) is 23.8 Å². The second-order valence-electron chi connectivity index (χ2n) is 5.33. The van der Waals surface area contributed by atoms with Gasteiger partial charge < -0.3 is 14.8 Å². The van der Waals surface area contributed by atoms with E-state index in [0.29, 0.717) is 13.2 Å². The lowest BCUT2D eigenvalue weighted by molar-refractivity contribution is -0.120. The molecular formula is C15H18ClNO3. The minimum Gasteiger partial charge on any atom is -0.486 e. The van der Waals surface area contributed by atoms with E-state index in [2.05, 4.69) is 5.32 Å². The normalized spacial score (nSPS) is 19.6. The average molecular weight is 296 g/mol. The van der Waals surface area contributed by atoms with E-state index < -0.39 is 0 Å². The Kier molecular flexibility index (Phi) is 3.74. The van der Waals surface area contributed by atoms with Crippen molar-refractivity contribution in [2.24, 2.45) is 0 Å². The zero-order valence-electron chi connectivity index (χ0n) is 11.3. The number of rotatable bonds is 3. The Balaban J connectivity index is 1.93. The Labute approximate surface area is 123 Å². The predicted molar refractivity (Wildman–Crippen MR) is 76.4 cm³/mol. The lowest BCUT2D eigenvalue weighted by Crippen LogP contribution is -2.44. The number of nitrogens with one attached hydrogen (secondary N) is 1. The second-order valence-corrected chi connectivity index (χ2v) is 5.60. The van der Waals surface area contributed by atoms with Gasteiger partial charge in [0.05, 0.1) is 5.54 Å². The van der Waals surface area contributed by atoms with Crippen molar-refractivity contribution in [2.75, 3.05) is 19.1 Å². The highest BCUT2D eigenvalue weighted by atomic mass is 35.5. The maximum absolute atomic E-state index is 11.7. The molecule has 0 unspecified atom stereocenters. The number of carbonyl (C=O) groups excluding carboxylic acids is 1. The molecule has 0 spiro atoms. The third-order valence-electron chi connectivity index (χ3n) is 4.05. The van der Waals surface area contributed by atoms with Gasteiger partial charge in [-0.05, 0) is 30.5 Å². The van der Waals surface area contributed by atoms with E-state index in [4.69, 9.17) is 21.1 Å². The van der Waals surface area contributed by atoms with Gasteiger partial charge in [-0.2, -0.15) is 0 Å². The summed E-state index contributed by atoms with van der Waals surface area (Å²) >= 11 is 5.64. The fourth-order valence-electron chi connectivity index (χ4n) is 3.11. The zero-order chi connectivity index (χ0) is 14.0. The van der Waals surface area contributed by atoms with Crippen LogP contribution >= 0.6 is 11.6 Å². The first-order chi connectivity index (χ1) is 9.73. The molecule has 5 heteroatoms. The molecule has 1 amide bonds. The summed E-state index contributed by atoms with van der Waals surface area (Å²) in [4.78, 5) is 11.7. The number of alkyl halides is 1. The molecule has 4 nitrogen and oxygen atoms in total. The molecule has 0 bridgehead atoms. The number of amides is 1. The van der Waals surface area contributed by atoms with Crippen LogP contribution in [0.5, 0.6) is 11.5 Å².